The van der Waals surface area contributed by atoms with Crippen molar-refractivity contribution in [1.82, 2.24) is 24.8 Å². The lowest BCUT2D eigenvalue weighted by atomic mass is 9.74. The predicted molar refractivity (Wildman–Crippen MR) is 162 cm³/mol. The third-order valence-electron chi connectivity index (χ3n) is 9.68. The number of aliphatic hydroxyl groups excluding tert-OH is 1. The van der Waals surface area contributed by atoms with E-state index in [2.05, 4.69) is 10.3 Å². The van der Waals surface area contributed by atoms with Crippen LogP contribution in [0.3, 0.4) is 0 Å². The number of aromatic nitrogens is 3. The second kappa shape index (κ2) is 10.4. The fourth-order valence-electron chi connectivity index (χ4n) is 7.64. The molecular formula is C33H36N6O5. The molecule has 7 rings (SSSR count). The molecule has 0 saturated carbocycles. The maximum Gasteiger partial charge on any atom is 0.250 e. The summed E-state index contributed by atoms with van der Waals surface area (Å²) in [5.41, 5.74) is -0.353. The van der Waals surface area contributed by atoms with Crippen molar-refractivity contribution >= 4 is 34.4 Å². The number of hydrogen-bond donors (Lipinski definition) is 1. The van der Waals surface area contributed by atoms with Gasteiger partial charge in [-0.2, -0.15) is 0 Å². The van der Waals surface area contributed by atoms with Gasteiger partial charge in [-0.15, -0.1) is 5.10 Å². The Hall–Kier alpha value is -4.35. The first kappa shape index (κ1) is 28.4. The Balaban J connectivity index is 1.34. The van der Waals surface area contributed by atoms with Crippen molar-refractivity contribution in [3.63, 3.8) is 0 Å². The van der Waals surface area contributed by atoms with Crippen LogP contribution in [0, 0.1) is 17.8 Å². The number of hydrogen-bond acceptors (Lipinski definition) is 7. The van der Waals surface area contributed by atoms with Crippen LogP contribution in [0.5, 0.6) is 0 Å². The zero-order valence-electron chi connectivity index (χ0n) is 25.0. The summed E-state index contributed by atoms with van der Waals surface area (Å²) >= 11 is 0. The van der Waals surface area contributed by atoms with E-state index in [4.69, 9.17) is 4.74 Å². The summed E-state index contributed by atoms with van der Waals surface area (Å²) in [6, 6.07) is 15.1. The van der Waals surface area contributed by atoms with Crippen molar-refractivity contribution in [2.24, 2.45) is 17.8 Å². The van der Waals surface area contributed by atoms with Gasteiger partial charge < -0.3 is 24.5 Å². The molecule has 1 unspecified atom stereocenters. The molecule has 11 nitrogen and oxygen atoms in total. The van der Waals surface area contributed by atoms with E-state index in [1.807, 2.05) is 99.7 Å². The molecule has 0 bridgehead atoms. The number of anilines is 1. The van der Waals surface area contributed by atoms with Crippen molar-refractivity contribution in [2.75, 3.05) is 24.6 Å². The molecule has 2 aromatic carbocycles. The van der Waals surface area contributed by atoms with Gasteiger partial charge in [0.2, 0.25) is 11.8 Å². The van der Waals surface area contributed by atoms with Crippen molar-refractivity contribution in [3.05, 3.63) is 78.9 Å². The highest BCUT2D eigenvalue weighted by atomic mass is 16.5. The molecule has 4 aliphatic rings. The second-order valence-electron chi connectivity index (χ2n) is 12.6. The summed E-state index contributed by atoms with van der Waals surface area (Å²) in [4.78, 5) is 48.7. The number of amides is 3. The molecule has 1 spiro atoms. The number of rotatable bonds is 6. The van der Waals surface area contributed by atoms with Crippen molar-refractivity contribution in [1.29, 1.82) is 0 Å². The molecule has 1 N–H and O–H groups in total. The van der Waals surface area contributed by atoms with E-state index in [9.17, 15) is 19.5 Å². The Labute approximate surface area is 255 Å². The van der Waals surface area contributed by atoms with Crippen LogP contribution in [0.1, 0.15) is 20.8 Å². The van der Waals surface area contributed by atoms with E-state index in [0.29, 0.717) is 12.1 Å². The number of carbonyl (C=O) groups is 3. The first-order chi connectivity index (χ1) is 21.2. The van der Waals surface area contributed by atoms with E-state index in [0.717, 1.165) is 11.2 Å². The smallest absolute Gasteiger partial charge is 0.250 e. The summed E-state index contributed by atoms with van der Waals surface area (Å²) in [5.74, 6) is -2.96. The highest BCUT2D eigenvalue weighted by molar-refractivity contribution is 6.04. The van der Waals surface area contributed by atoms with Crippen LogP contribution in [0.2, 0.25) is 0 Å². The van der Waals surface area contributed by atoms with Gasteiger partial charge in [0.1, 0.15) is 23.8 Å². The Kier molecular flexibility index (Phi) is 6.71. The fraction of sp³-hybridized carbons (Fsp3) is 0.424. The first-order valence-electron chi connectivity index (χ1n) is 15.1. The van der Waals surface area contributed by atoms with Gasteiger partial charge in [-0.25, -0.2) is 4.68 Å². The summed E-state index contributed by atoms with van der Waals surface area (Å²) < 4.78 is 8.60. The number of nitrogens with zero attached hydrogens (tertiary/aromatic N) is 6. The fourth-order valence-corrected chi connectivity index (χ4v) is 7.64. The molecule has 44 heavy (non-hydrogen) atoms. The lowest BCUT2D eigenvalue weighted by Gasteiger charge is -2.41. The van der Waals surface area contributed by atoms with E-state index >= 15 is 0 Å². The van der Waals surface area contributed by atoms with Gasteiger partial charge in [-0.1, -0.05) is 73.7 Å². The molecule has 3 aromatic rings. The van der Waals surface area contributed by atoms with Gasteiger partial charge in [0.15, 0.2) is 0 Å². The van der Waals surface area contributed by atoms with Crippen molar-refractivity contribution < 1.29 is 24.2 Å². The van der Waals surface area contributed by atoms with Crippen LogP contribution in [0.15, 0.2) is 78.9 Å². The number of carbonyl (C=O) groups excluding carboxylic acids is 3. The molecular weight excluding hydrogens is 560 g/mol. The average molecular weight is 597 g/mol. The topological polar surface area (TPSA) is 121 Å². The molecule has 5 heterocycles. The minimum Gasteiger partial charge on any atom is -0.394 e. The predicted octanol–water partition coefficient (Wildman–Crippen LogP) is 2.38. The third-order valence-corrected chi connectivity index (χ3v) is 9.68. The van der Waals surface area contributed by atoms with Crippen LogP contribution in [0.25, 0.3) is 11.0 Å². The molecule has 0 radical (unpaired) electrons. The van der Waals surface area contributed by atoms with E-state index in [-0.39, 0.29) is 43.5 Å². The number of para-hydroxylation sites is 2. The van der Waals surface area contributed by atoms with Crippen LogP contribution >= 0.6 is 0 Å². The molecule has 0 aliphatic carbocycles. The molecule has 2 saturated heterocycles. The van der Waals surface area contributed by atoms with E-state index < -0.39 is 35.1 Å². The molecule has 11 heteroatoms. The minimum absolute atomic E-state index is 0.107. The maximum absolute atomic E-state index is 14.7. The van der Waals surface area contributed by atoms with Gasteiger partial charge in [-0.3, -0.25) is 14.4 Å². The normalized spacial score (nSPS) is 30.5. The lowest BCUT2D eigenvalue weighted by Crippen LogP contribution is -2.59. The summed E-state index contributed by atoms with van der Waals surface area (Å²) in [6.45, 7) is 6.00. The quantitative estimate of drug-likeness (QED) is 0.434. The SMILES string of the molecule is CC(C)[C@H](CO)N1C(=O)[C@@H]2[C@H]3C(=O)N(c4ccccc4)CC=C[C@@]3(C)O[C@@]23C=CCN(Cn2nnc4ccccc42)C(=O)C13. The Morgan fingerprint density at radius 1 is 0.932 bits per heavy atom. The lowest BCUT2D eigenvalue weighted by molar-refractivity contribution is -0.156. The Morgan fingerprint density at radius 2 is 1.66 bits per heavy atom. The van der Waals surface area contributed by atoms with Gasteiger partial charge >= 0.3 is 0 Å². The van der Waals surface area contributed by atoms with Crippen LogP contribution in [0.4, 0.5) is 5.69 Å². The Morgan fingerprint density at radius 3 is 2.41 bits per heavy atom. The molecule has 6 atom stereocenters. The number of ether oxygens (including phenoxy) is 1. The zero-order valence-corrected chi connectivity index (χ0v) is 25.0. The minimum atomic E-state index is -1.42. The summed E-state index contributed by atoms with van der Waals surface area (Å²) in [7, 11) is 0. The molecule has 228 valence electrons. The van der Waals surface area contributed by atoms with Crippen LogP contribution < -0.4 is 4.90 Å². The van der Waals surface area contributed by atoms with Crippen molar-refractivity contribution in [3.8, 4) is 0 Å². The summed E-state index contributed by atoms with van der Waals surface area (Å²) in [6.07, 6.45) is 7.44. The van der Waals surface area contributed by atoms with E-state index in [1.54, 1.807) is 14.5 Å². The Bertz CT molecular complexity index is 1690. The van der Waals surface area contributed by atoms with Crippen LogP contribution in [-0.2, 0) is 25.8 Å². The molecule has 2 fully saturated rings. The number of fused-ring (bicyclic) bond motifs is 3. The zero-order chi connectivity index (χ0) is 30.8. The third kappa shape index (κ3) is 4.06. The number of aliphatic hydroxyl groups is 1. The molecule has 3 amide bonds. The van der Waals surface area contributed by atoms with Gasteiger partial charge in [-0.05, 0) is 37.1 Å². The summed E-state index contributed by atoms with van der Waals surface area (Å²) in [5, 5.41) is 19.1. The molecule has 1 aromatic heterocycles. The highest BCUT2D eigenvalue weighted by Crippen LogP contribution is 2.58. The largest absolute Gasteiger partial charge is 0.394 e. The van der Waals surface area contributed by atoms with E-state index in [1.165, 1.54) is 4.90 Å². The van der Waals surface area contributed by atoms with Crippen LogP contribution in [-0.4, -0.2) is 90.6 Å². The number of benzene rings is 2. The standard InChI is InChI=1S/C33H36N6O5/c1-21(2)25(19-40)39-28-31(43)36(20-38-24-14-8-7-13-23(24)34-35-38)17-10-16-33(28)27(30(39)42)26-29(41)37(22-11-5-4-6-12-22)18-9-15-32(26,3)44-33/h4-16,21,25-28,40H,17-20H2,1-3H3/t25-,26-,27-,28?,32+,33-/m0/s1. The average Bonchev–Trinajstić information content (AvgIpc) is 3.54. The van der Waals surface area contributed by atoms with Gasteiger partial charge in [0.05, 0.1) is 35.6 Å². The maximum atomic E-state index is 14.7. The highest BCUT2D eigenvalue weighted by Gasteiger charge is 2.75. The monoisotopic (exact) mass is 596 g/mol. The molecule has 4 aliphatic heterocycles. The van der Waals surface area contributed by atoms with Crippen molar-refractivity contribution in [2.45, 2.75) is 50.7 Å². The second-order valence-corrected chi connectivity index (χ2v) is 12.6. The number of likely N-dealkylation sites (tertiary alicyclic amines) is 1. The first-order valence-corrected chi connectivity index (χ1v) is 15.1. The van der Waals surface area contributed by atoms with Gasteiger partial charge in [0, 0.05) is 18.8 Å². The van der Waals surface area contributed by atoms with Gasteiger partial charge in [0.25, 0.3) is 5.91 Å².